The molecule has 0 spiro atoms. The molecule has 3 rings (SSSR count). The minimum absolute atomic E-state index is 0.128. The second kappa shape index (κ2) is 6.16. The molecule has 1 aliphatic rings. The van der Waals surface area contributed by atoms with E-state index in [0.29, 0.717) is 11.5 Å². The Balaban J connectivity index is 1.72. The van der Waals surface area contributed by atoms with Crippen LogP contribution in [0.25, 0.3) is 0 Å². The van der Waals surface area contributed by atoms with Crippen LogP contribution < -0.4 is 4.90 Å². The van der Waals surface area contributed by atoms with Gasteiger partial charge in [0.05, 0.1) is 17.4 Å². The number of hydrogen-bond donors (Lipinski definition) is 0. The van der Waals surface area contributed by atoms with Crippen LogP contribution in [0.5, 0.6) is 0 Å². The average molecular weight is 298 g/mol. The Labute approximate surface area is 129 Å². The molecular weight excluding hydrogens is 280 g/mol. The molecule has 6 nitrogen and oxygen atoms in total. The van der Waals surface area contributed by atoms with Crippen molar-refractivity contribution >= 4 is 5.82 Å². The summed E-state index contributed by atoms with van der Waals surface area (Å²) >= 11 is 0. The Kier molecular flexibility index (Phi) is 4.07. The van der Waals surface area contributed by atoms with Crippen LogP contribution in [-0.4, -0.2) is 36.4 Å². The van der Waals surface area contributed by atoms with Gasteiger partial charge in [0.1, 0.15) is 17.6 Å². The first kappa shape index (κ1) is 14.5. The first-order chi connectivity index (χ1) is 10.7. The molecule has 6 heteroatoms. The predicted octanol–water partition coefficient (Wildman–Crippen LogP) is 1.94. The van der Waals surface area contributed by atoms with Gasteiger partial charge in [0.2, 0.25) is 0 Å². The number of aromatic nitrogens is 2. The van der Waals surface area contributed by atoms with Crippen molar-refractivity contribution in [3.63, 3.8) is 0 Å². The molecule has 22 heavy (non-hydrogen) atoms. The summed E-state index contributed by atoms with van der Waals surface area (Å²) in [4.78, 5) is 6.54. The largest absolute Gasteiger partial charge is 0.379 e. The van der Waals surface area contributed by atoms with E-state index in [9.17, 15) is 0 Å². The highest BCUT2D eigenvalue weighted by molar-refractivity contribution is 5.43. The summed E-state index contributed by atoms with van der Waals surface area (Å²) in [6.07, 6.45) is 2.53. The summed E-state index contributed by atoms with van der Waals surface area (Å²) < 4.78 is 10.9. The van der Waals surface area contributed by atoms with Crippen LogP contribution in [0.4, 0.5) is 5.82 Å². The quantitative estimate of drug-likeness (QED) is 0.858. The third-order valence-electron chi connectivity index (χ3n) is 4.02. The van der Waals surface area contributed by atoms with Gasteiger partial charge in [-0.1, -0.05) is 5.16 Å². The summed E-state index contributed by atoms with van der Waals surface area (Å²) in [5.74, 6) is 2.09. The molecular formula is C16H18N4O2. The second-order valence-corrected chi connectivity index (χ2v) is 5.59. The smallest absolute Gasteiger partial charge is 0.137 e. The molecule has 114 valence electrons. The summed E-state index contributed by atoms with van der Waals surface area (Å²) in [5.41, 5.74) is 1.47. The van der Waals surface area contributed by atoms with Gasteiger partial charge < -0.3 is 14.2 Å². The SMILES string of the molecule is CO[C@H]1CN(c2ccc(C#N)cn2)C[C@H]1Cc1cc(C)no1. The van der Waals surface area contributed by atoms with E-state index in [2.05, 4.69) is 21.1 Å². The fourth-order valence-corrected chi connectivity index (χ4v) is 2.90. The zero-order valence-corrected chi connectivity index (χ0v) is 12.7. The van der Waals surface area contributed by atoms with Gasteiger partial charge in [0, 0.05) is 44.8 Å². The van der Waals surface area contributed by atoms with Gasteiger partial charge in [-0.2, -0.15) is 5.26 Å². The lowest BCUT2D eigenvalue weighted by molar-refractivity contribution is 0.0813. The van der Waals surface area contributed by atoms with Gasteiger partial charge in [0.25, 0.3) is 0 Å². The number of hydrogen-bond acceptors (Lipinski definition) is 6. The molecule has 0 amide bonds. The van der Waals surface area contributed by atoms with Crippen LogP contribution in [0.2, 0.25) is 0 Å². The average Bonchev–Trinajstić information content (AvgIpc) is 3.14. The first-order valence-corrected chi connectivity index (χ1v) is 7.25. The Morgan fingerprint density at radius 1 is 1.45 bits per heavy atom. The van der Waals surface area contributed by atoms with Gasteiger partial charge in [0.15, 0.2) is 0 Å². The maximum atomic E-state index is 8.84. The van der Waals surface area contributed by atoms with E-state index >= 15 is 0 Å². The molecule has 0 aromatic carbocycles. The summed E-state index contributed by atoms with van der Waals surface area (Å²) in [6, 6.07) is 7.72. The monoisotopic (exact) mass is 298 g/mol. The highest BCUT2D eigenvalue weighted by Crippen LogP contribution is 2.27. The lowest BCUT2D eigenvalue weighted by Crippen LogP contribution is -2.23. The Morgan fingerprint density at radius 3 is 2.91 bits per heavy atom. The summed E-state index contributed by atoms with van der Waals surface area (Å²) in [6.45, 7) is 3.55. The number of pyridine rings is 1. The Hall–Kier alpha value is -2.39. The molecule has 2 atom stereocenters. The van der Waals surface area contributed by atoms with E-state index in [0.717, 1.165) is 36.8 Å². The zero-order valence-electron chi connectivity index (χ0n) is 12.7. The molecule has 1 saturated heterocycles. The molecule has 0 unspecified atom stereocenters. The van der Waals surface area contributed by atoms with Crippen LogP contribution in [0.1, 0.15) is 17.0 Å². The Morgan fingerprint density at radius 2 is 2.32 bits per heavy atom. The molecule has 0 aliphatic carbocycles. The van der Waals surface area contributed by atoms with Crippen LogP contribution in [0.15, 0.2) is 28.9 Å². The van der Waals surface area contributed by atoms with Gasteiger partial charge >= 0.3 is 0 Å². The van der Waals surface area contributed by atoms with E-state index in [4.69, 9.17) is 14.5 Å². The van der Waals surface area contributed by atoms with Crippen molar-refractivity contribution in [3.05, 3.63) is 41.4 Å². The third kappa shape index (κ3) is 2.95. The van der Waals surface area contributed by atoms with Crippen LogP contribution in [0, 0.1) is 24.2 Å². The van der Waals surface area contributed by atoms with Gasteiger partial charge in [-0.05, 0) is 19.1 Å². The minimum atomic E-state index is 0.128. The van der Waals surface area contributed by atoms with Crippen molar-refractivity contribution in [1.29, 1.82) is 5.26 Å². The molecule has 2 aromatic heterocycles. The fraction of sp³-hybridized carbons (Fsp3) is 0.438. The minimum Gasteiger partial charge on any atom is -0.379 e. The molecule has 3 heterocycles. The number of rotatable bonds is 4. The lowest BCUT2D eigenvalue weighted by atomic mass is 10.0. The van der Waals surface area contributed by atoms with E-state index in [1.165, 1.54) is 0 Å². The van der Waals surface area contributed by atoms with Crippen molar-refractivity contribution in [3.8, 4) is 6.07 Å². The molecule has 0 saturated carbocycles. The lowest BCUT2D eigenvalue weighted by Gasteiger charge is -2.16. The first-order valence-electron chi connectivity index (χ1n) is 7.25. The van der Waals surface area contributed by atoms with Crippen molar-refractivity contribution in [2.45, 2.75) is 19.4 Å². The van der Waals surface area contributed by atoms with Crippen molar-refractivity contribution < 1.29 is 9.26 Å². The van der Waals surface area contributed by atoms with Gasteiger partial charge in [-0.3, -0.25) is 0 Å². The van der Waals surface area contributed by atoms with Crippen molar-refractivity contribution in [2.75, 3.05) is 25.1 Å². The Bertz CT molecular complexity index is 674. The highest BCUT2D eigenvalue weighted by atomic mass is 16.5. The van der Waals surface area contributed by atoms with E-state index in [1.807, 2.05) is 19.1 Å². The van der Waals surface area contributed by atoms with Crippen LogP contribution in [-0.2, 0) is 11.2 Å². The molecule has 0 N–H and O–H groups in total. The second-order valence-electron chi connectivity index (χ2n) is 5.59. The van der Waals surface area contributed by atoms with E-state index in [-0.39, 0.29) is 6.10 Å². The van der Waals surface area contributed by atoms with Crippen molar-refractivity contribution in [2.24, 2.45) is 5.92 Å². The zero-order chi connectivity index (χ0) is 15.5. The maximum absolute atomic E-state index is 8.84. The van der Waals surface area contributed by atoms with E-state index in [1.54, 1.807) is 19.4 Å². The number of ether oxygens (including phenoxy) is 1. The standard InChI is InChI=1S/C16H18N4O2/c1-11-5-14(22-19-11)6-13-9-20(10-15(13)21-2)16-4-3-12(7-17)8-18-16/h3-5,8,13,15H,6,9-10H2,1-2H3/t13-,15+/m1/s1. The number of methoxy groups -OCH3 is 1. The number of aryl methyl sites for hydroxylation is 1. The predicted molar refractivity (Wildman–Crippen MR) is 80.4 cm³/mol. The number of nitrogens with zero attached hydrogens (tertiary/aromatic N) is 4. The van der Waals surface area contributed by atoms with Crippen molar-refractivity contribution in [1.82, 2.24) is 10.1 Å². The normalized spacial score (nSPS) is 21.0. The van der Waals surface area contributed by atoms with Gasteiger partial charge in [-0.25, -0.2) is 4.98 Å². The number of anilines is 1. The van der Waals surface area contributed by atoms with Crippen LogP contribution in [0.3, 0.4) is 0 Å². The summed E-state index contributed by atoms with van der Waals surface area (Å²) in [7, 11) is 1.74. The number of nitriles is 1. The topological polar surface area (TPSA) is 75.2 Å². The van der Waals surface area contributed by atoms with Gasteiger partial charge in [-0.15, -0.1) is 0 Å². The van der Waals surface area contributed by atoms with E-state index < -0.39 is 0 Å². The fourth-order valence-electron chi connectivity index (χ4n) is 2.90. The third-order valence-corrected chi connectivity index (χ3v) is 4.02. The maximum Gasteiger partial charge on any atom is 0.137 e. The molecule has 0 radical (unpaired) electrons. The summed E-state index contributed by atoms with van der Waals surface area (Å²) in [5, 5.41) is 12.8. The molecule has 1 aliphatic heterocycles. The molecule has 2 aromatic rings. The molecule has 1 fully saturated rings. The van der Waals surface area contributed by atoms with Crippen LogP contribution >= 0.6 is 0 Å². The highest BCUT2D eigenvalue weighted by Gasteiger charge is 2.34. The molecule has 0 bridgehead atoms.